The molecule has 5 heteroatoms. The Morgan fingerprint density at radius 3 is 2.95 bits per heavy atom. The largest absolute Gasteiger partial charge is 0.493 e. The van der Waals surface area contributed by atoms with E-state index in [4.69, 9.17) is 16.3 Å². The predicted octanol–water partition coefficient (Wildman–Crippen LogP) is 2.77. The van der Waals surface area contributed by atoms with Gasteiger partial charge in [-0.1, -0.05) is 11.8 Å². The van der Waals surface area contributed by atoms with E-state index >= 15 is 0 Å². The molecule has 0 N–H and O–H groups in total. The Morgan fingerprint density at radius 2 is 2.25 bits per heavy atom. The van der Waals surface area contributed by atoms with Crippen molar-refractivity contribution in [3.05, 3.63) is 47.8 Å². The van der Waals surface area contributed by atoms with Gasteiger partial charge in [-0.05, 0) is 12.1 Å². The maximum atomic E-state index is 13.4. The van der Waals surface area contributed by atoms with Crippen LogP contribution in [0.3, 0.4) is 0 Å². The van der Waals surface area contributed by atoms with Gasteiger partial charge in [0.1, 0.15) is 17.4 Å². The van der Waals surface area contributed by atoms with Gasteiger partial charge in [0.05, 0.1) is 12.5 Å². The molecule has 0 amide bonds. The third-order valence-corrected chi connectivity index (χ3v) is 2.82. The Labute approximate surface area is 122 Å². The summed E-state index contributed by atoms with van der Waals surface area (Å²) in [5.41, 5.74) is 0.553. The van der Waals surface area contributed by atoms with Gasteiger partial charge >= 0.3 is 0 Å². The lowest BCUT2D eigenvalue weighted by Gasteiger charge is -2.07. The van der Waals surface area contributed by atoms with E-state index in [1.807, 2.05) is 17.8 Å². The molecule has 1 aromatic carbocycles. The molecule has 0 radical (unpaired) electrons. The molecule has 0 unspecified atom stereocenters. The van der Waals surface area contributed by atoms with Gasteiger partial charge in [-0.3, -0.25) is 0 Å². The molecule has 2 aromatic rings. The average Bonchev–Trinajstić information content (AvgIpc) is 2.82. The molecule has 0 aliphatic rings. The molecule has 0 saturated carbocycles. The quantitative estimate of drug-likeness (QED) is 0.640. The number of rotatable bonds is 4. The van der Waals surface area contributed by atoms with Crippen LogP contribution >= 0.6 is 11.6 Å². The van der Waals surface area contributed by atoms with Gasteiger partial charge in [-0.2, -0.15) is 0 Å². The number of hydrogen-bond donors (Lipinski definition) is 0. The van der Waals surface area contributed by atoms with Gasteiger partial charge in [0.25, 0.3) is 0 Å². The summed E-state index contributed by atoms with van der Waals surface area (Å²) in [4.78, 5) is 4.19. The minimum atomic E-state index is -0.377. The van der Waals surface area contributed by atoms with Crippen LogP contribution < -0.4 is 4.74 Å². The van der Waals surface area contributed by atoms with E-state index in [9.17, 15) is 4.39 Å². The van der Waals surface area contributed by atoms with E-state index in [2.05, 4.69) is 16.8 Å². The number of halogens is 2. The molecule has 20 heavy (non-hydrogen) atoms. The summed E-state index contributed by atoms with van der Waals surface area (Å²) in [6.45, 7) is 0.427. The van der Waals surface area contributed by atoms with E-state index in [-0.39, 0.29) is 11.7 Å². The number of alkyl halides is 1. The van der Waals surface area contributed by atoms with Crippen molar-refractivity contribution in [3.63, 3.8) is 0 Å². The van der Waals surface area contributed by atoms with Crippen molar-refractivity contribution in [1.82, 2.24) is 9.55 Å². The molecule has 0 atom stereocenters. The Kier molecular flexibility index (Phi) is 5.03. The lowest BCUT2D eigenvalue weighted by atomic mass is 10.2. The molecule has 0 saturated heterocycles. The van der Waals surface area contributed by atoms with Crippen molar-refractivity contribution < 1.29 is 9.13 Å². The van der Waals surface area contributed by atoms with E-state index in [0.717, 1.165) is 5.82 Å². The zero-order valence-electron chi connectivity index (χ0n) is 11.1. The van der Waals surface area contributed by atoms with E-state index < -0.39 is 0 Å². The summed E-state index contributed by atoms with van der Waals surface area (Å²) in [5, 5.41) is 0. The van der Waals surface area contributed by atoms with Crippen LogP contribution in [-0.4, -0.2) is 22.0 Å². The van der Waals surface area contributed by atoms with E-state index in [0.29, 0.717) is 24.3 Å². The number of nitrogens with zero attached hydrogens (tertiary/aromatic N) is 2. The average molecular weight is 293 g/mol. The summed E-state index contributed by atoms with van der Waals surface area (Å²) in [5.74, 6) is 6.67. The SMILES string of the molecule is Cn1ccnc1CCOc1cc(F)cc(C#CCCl)c1. The van der Waals surface area contributed by atoms with Crippen LogP contribution in [0.25, 0.3) is 0 Å². The lowest BCUT2D eigenvalue weighted by molar-refractivity contribution is 0.316. The van der Waals surface area contributed by atoms with Crippen LogP contribution in [0.4, 0.5) is 4.39 Å². The third kappa shape index (κ3) is 4.01. The minimum Gasteiger partial charge on any atom is -0.493 e. The first-order valence-corrected chi connectivity index (χ1v) is 6.67. The third-order valence-electron chi connectivity index (χ3n) is 2.69. The number of aromatic nitrogens is 2. The topological polar surface area (TPSA) is 27.1 Å². The molecule has 0 fully saturated rings. The standard InChI is InChI=1S/C15H14ClFN2O/c1-19-7-6-18-15(19)4-8-20-14-10-12(3-2-5-16)9-13(17)11-14/h6-7,9-11H,4-5,8H2,1H3. The lowest BCUT2D eigenvalue weighted by Crippen LogP contribution is -2.06. The molecule has 3 nitrogen and oxygen atoms in total. The number of ether oxygens (including phenoxy) is 1. The summed E-state index contributed by atoms with van der Waals surface area (Å²) >= 11 is 5.48. The molecule has 2 rings (SSSR count). The maximum absolute atomic E-state index is 13.4. The highest BCUT2D eigenvalue weighted by atomic mass is 35.5. The second-order valence-corrected chi connectivity index (χ2v) is 4.43. The van der Waals surface area contributed by atoms with Gasteiger partial charge in [-0.15, -0.1) is 11.6 Å². The number of aryl methyl sites for hydroxylation is 1. The first kappa shape index (κ1) is 14.4. The van der Waals surface area contributed by atoms with Crippen LogP contribution in [0.1, 0.15) is 11.4 Å². The van der Waals surface area contributed by atoms with Crippen molar-refractivity contribution >= 4 is 11.6 Å². The second-order valence-electron chi connectivity index (χ2n) is 4.16. The molecule has 1 aromatic heterocycles. The Morgan fingerprint density at radius 1 is 1.40 bits per heavy atom. The minimum absolute atomic E-state index is 0.214. The zero-order valence-corrected chi connectivity index (χ0v) is 11.8. The van der Waals surface area contributed by atoms with Gasteiger partial charge in [0.15, 0.2) is 0 Å². The van der Waals surface area contributed by atoms with Crippen LogP contribution in [0, 0.1) is 17.7 Å². The number of hydrogen-bond acceptors (Lipinski definition) is 2. The predicted molar refractivity (Wildman–Crippen MR) is 76.4 cm³/mol. The smallest absolute Gasteiger partial charge is 0.128 e. The molecular formula is C15H14ClFN2O. The van der Waals surface area contributed by atoms with Gasteiger partial charge in [0, 0.05) is 37.5 Å². The Balaban J connectivity index is 1.99. The Hall–Kier alpha value is -1.99. The van der Waals surface area contributed by atoms with Gasteiger partial charge in [-0.25, -0.2) is 9.37 Å². The highest BCUT2D eigenvalue weighted by Crippen LogP contribution is 2.16. The molecule has 104 valence electrons. The van der Waals surface area contributed by atoms with Crippen molar-refractivity contribution in [3.8, 4) is 17.6 Å². The van der Waals surface area contributed by atoms with Crippen LogP contribution in [-0.2, 0) is 13.5 Å². The molecule has 0 spiro atoms. The van der Waals surface area contributed by atoms with Crippen molar-refractivity contribution in [2.75, 3.05) is 12.5 Å². The molecule has 0 aliphatic carbocycles. The summed E-state index contributed by atoms with van der Waals surface area (Å²) < 4.78 is 20.9. The first-order valence-electron chi connectivity index (χ1n) is 6.13. The maximum Gasteiger partial charge on any atom is 0.128 e. The monoisotopic (exact) mass is 292 g/mol. The normalized spacial score (nSPS) is 9.95. The summed E-state index contributed by atoms with van der Waals surface area (Å²) in [7, 11) is 1.92. The van der Waals surface area contributed by atoms with Gasteiger partial charge in [0.2, 0.25) is 0 Å². The molecule has 1 heterocycles. The van der Waals surface area contributed by atoms with Crippen LogP contribution in [0.5, 0.6) is 5.75 Å². The number of imidazole rings is 1. The summed E-state index contributed by atoms with van der Waals surface area (Å²) in [6, 6.07) is 4.39. The van der Waals surface area contributed by atoms with Gasteiger partial charge < -0.3 is 9.30 Å². The summed E-state index contributed by atoms with van der Waals surface area (Å²) in [6.07, 6.45) is 4.26. The Bertz CT molecular complexity index is 643. The molecule has 0 aliphatic heterocycles. The molecule has 0 bridgehead atoms. The molecular weight excluding hydrogens is 279 g/mol. The second kappa shape index (κ2) is 6.97. The first-order chi connectivity index (χ1) is 9.69. The zero-order chi connectivity index (χ0) is 14.4. The van der Waals surface area contributed by atoms with Crippen LogP contribution in [0.15, 0.2) is 30.6 Å². The highest BCUT2D eigenvalue weighted by molar-refractivity contribution is 6.19. The number of benzene rings is 1. The fourth-order valence-corrected chi connectivity index (χ4v) is 1.82. The highest BCUT2D eigenvalue weighted by Gasteiger charge is 2.03. The van der Waals surface area contributed by atoms with Crippen molar-refractivity contribution in [2.24, 2.45) is 7.05 Å². The van der Waals surface area contributed by atoms with E-state index in [1.54, 1.807) is 12.3 Å². The van der Waals surface area contributed by atoms with Crippen molar-refractivity contribution in [1.29, 1.82) is 0 Å². The van der Waals surface area contributed by atoms with E-state index in [1.165, 1.54) is 12.1 Å². The van der Waals surface area contributed by atoms with Crippen molar-refractivity contribution in [2.45, 2.75) is 6.42 Å². The van der Waals surface area contributed by atoms with Crippen LogP contribution in [0.2, 0.25) is 0 Å². The fraction of sp³-hybridized carbons (Fsp3) is 0.267. The fourth-order valence-electron chi connectivity index (χ4n) is 1.75.